The predicted octanol–water partition coefficient (Wildman–Crippen LogP) is 2.79. The lowest BCUT2D eigenvalue weighted by Crippen LogP contribution is -2.42. The molecule has 1 fully saturated rings. The van der Waals surface area contributed by atoms with Gasteiger partial charge in [0, 0.05) is 13.1 Å². The zero-order valence-corrected chi connectivity index (χ0v) is 9.51. The third-order valence-electron chi connectivity index (χ3n) is 3.35. The second-order valence-electron chi connectivity index (χ2n) is 4.68. The highest BCUT2D eigenvalue weighted by molar-refractivity contribution is 5.10. The van der Waals surface area contributed by atoms with Crippen LogP contribution in [0.2, 0.25) is 0 Å². The van der Waals surface area contributed by atoms with Gasteiger partial charge in [0.2, 0.25) is 0 Å². The maximum absolute atomic E-state index is 4.24. The quantitative estimate of drug-likeness (QED) is 0.592. The van der Waals surface area contributed by atoms with Crippen molar-refractivity contribution in [2.24, 2.45) is 17.8 Å². The smallest absolute Gasteiger partial charge is 0.00496 e. The van der Waals surface area contributed by atoms with Crippen LogP contribution in [0.4, 0.5) is 0 Å². The van der Waals surface area contributed by atoms with Crippen LogP contribution in [0.5, 0.6) is 0 Å². The van der Waals surface area contributed by atoms with Crippen LogP contribution in [0, 0.1) is 17.8 Å². The average molecular weight is 181 g/mol. The van der Waals surface area contributed by atoms with Gasteiger partial charge in [-0.1, -0.05) is 39.8 Å². The minimum Gasteiger partial charge on any atom is -0.302 e. The Labute approximate surface area is 82.8 Å². The van der Waals surface area contributed by atoms with Crippen LogP contribution < -0.4 is 0 Å². The number of hydrogen-bond acceptors (Lipinski definition) is 1. The molecule has 0 aromatic carbocycles. The fourth-order valence-corrected chi connectivity index (χ4v) is 2.24. The lowest BCUT2D eigenvalue weighted by Gasteiger charge is -2.39. The number of likely N-dealkylation sites (tertiary alicyclic amines) is 1. The minimum absolute atomic E-state index is 0.682. The minimum atomic E-state index is 0.682. The van der Waals surface area contributed by atoms with Crippen molar-refractivity contribution < 1.29 is 0 Å². The molecule has 0 spiro atoms. The van der Waals surface area contributed by atoms with Crippen LogP contribution in [-0.2, 0) is 0 Å². The topological polar surface area (TPSA) is 3.24 Å². The van der Waals surface area contributed by atoms with Gasteiger partial charge in [-0.2, -0.15) is 0 Å². The molecule has 1 nitrogen and oxygen atoms in total. The van der Waals surface area contributed by atoms with Crippen molar-refractivity contribution in [2.45, 2.75) is 27.7 Å². The molecular weight excluding hydrogens is 158 g/mol. The summed E-state index contributed by atoms with van der Waals surface area (Å²) in [6, 6.07) is 0. The Bertz CT molecular complexity index is 184. The van der Waals surface area contributed by atoms with E-state index >= 15 is 0 Å². The van der Waals surface area contributed by atoms with Crippen LogP contribution in [0.25, 0.3) is 0 Å². The van der Waals surface area contributed by atoms with E-state index in [4.69, 9.17) is 0 Å². The zero-order chi connectivity index (χ0) is 10.0. The molecule has 76 valence electrons. The Hall–Kier alpha value is -0.300. The van der Waals surface area contributed by atoms with Crippen LogP contribution in [0.1, 0.15) is 27.7 Å². The highest BCUT2D eigenvalue weighted by atomic mass is 15.1. The zero-order valence-electron chi connectivity index (χ0n) is 9.51. The second-order valence-corrected chi connectivity index (χ2v) is 4.68. The van der Waals surface area contributed by atoms with Crippen LogP contribution >= 0.6 is 0 Å². The molecule has 0 aromatic heterocycles. The molecule has 0 unspecified atom stereocenters. The van der Waals surface area contributed by atoms with Gasteiger partial charge in [0.15, 0.2) is 0 Å². The number of piperidine rings is 1. The van der Waals surface area contributed by atoms with E-state index < -0.39 is 0 Å². The summed E-state index contributed by atoms with van der Waals surface area (Å²) in [5.41, 5.74) is 1.47. The summed E-state index contributed by atoms with van der Waals surface area (Å²) in [5, 5.41) is 0. The lowest BCUT2D eigenvalue weighted by atomic mass is 9.79. The Balaban J connectivity index is 2.66. The number of nitrogens with zero attached hydrogens (tertiary/aromatic N) is 1. The third kappa shape index (κ3) is 2.34. The van der Waals surface area contributed by atoms with Gasteiger partial charge in [-0.05, 0) is 24.3 Å². The number of hydrogen-bond donors (Lipinski definition) is 0. The largest absolute Gasteiger partial charge is 0.302 e. The molecule has 1 aliphatic heterocycles. The summed E-state index contributed by atoms with van der Waals surface area (Å²) in [6.45, 7) is 17.0. The first-order valence-corrected chi connectivity index (χ1v) is 5.47. The van der Waals surface area contributed by atoms with Crippen molar-refractivity contribution in [2.75, 3.05) is 19.6 Å². The highest BCUT2D eigenvalue weighted by Gasteiger charge is 2.28. The fraction of sp³-hybridized carbons (Fsp3) is 0.833. The molecule has 0 bridgehead atoms. The highest BCUT2D eigenvalue weighted by Crippen LogP contribution is 2.31. The Morgan fingerprint density at radius 2 is 2.08 bits per heavy atom. The van der Waals surface area contributed by atoms with Crippen LogP contribution in [0.15, 0.2) is 12.2 Å². The second kappa shape index (κ2) is 4.28. The summed E-state index contributed by atoms with van der Waals surface area (Å²) in [6.07, 6.45) is 0. The van der Waals surface area contributed by atoms with E-state index in [9.17, 15) is 0 Å². The molecule has 0 amide bonds. The Morgan fingerprint density at radius 1 is 1.46 bits per heavy atom. The van der Waals surface area contributed by atoms with Gasteiger partial charge < -0.3 is 4.90 Å². The van der Waals surface area contributed by atoms with Crippen molar-refractivity contribution in [1.82, 2.24) is 4.90 Å². The summed E-state index contributed by atoms with van der Waals surface area (Å²) >= 11 is 0. The van der Waals surface area contributed by atoms with Crippen molar-refractivity contribution in [3.63, 3.8) is 0 Å². The molecule has 1 rings (SSSR count). The molecular formula is C12H23N. The Morgan fingerprint density at radius 3 is 2.54 bits per heavy atom. The summed E-state index contributed by atoms with van der Waals surface area (Å²) < 4.78 is 0. The molecule has 1 heterocycles. The van der Waals surface area contributed by atoms with E-state index in [2.05, 4.69) is 39.2 Å². The molecule has 0 radical (unpaired) electrons. The van der Waals surface area contributed by atoms with E-state index in [1.54, 1.807) is 0 Å². The molecule has 0 saturated carbocycles. The maximum atomic E-state index is 4.24. The van der Waals surface area contributed by atoms with E-state index in [1.807, 2.05) is 0 Å². The molecule has 13 heavy (non-hydrogen) atoms. The fourth-order valence-electron chi connectivity index (χ4n) is 2.24. The van der Waals surface area contributed by atoms with Gasteiger partial charge in [0.25, 0.3) is 0 Å². The van der Waals surface area contributed by atoms with E-state index in [-0.39, 0.29) is 0 Å². The third-order valence-corrected chi connectivity index (χ3v) is 3.35. The van der Waals surface area contributed by atoms with Crippen molar-refractivity contribution in [1.29, 1.82) is 0 Å². The SMILES string of the molecule is C=C1[C@H](C)CN(CC)C[C@@H]1C(C)C. The van der Waals surface area contributed by atoms with Gasteiger partial charge in [-0.15, -0.1) is 0 Å². The van der Waals surface area contributed by atoms with E-state index in [1.165, 1.54) is 25.2 Å². The number of rotatable bonds is 2. The van der Waals surface area contributed by atoms with Gasteiger partial charge in [-0.3, -0.25) is 0 Å². The first-order valence-electron chi connectivity index (χ1n) is 5.47. The van der Waals surface area contributed by atoms with Crippen LogP contribution in [0.3, 0.4) is 0 Å². The molecule has 0 N–H and O–H groups in total. The lowest BCUT2D eigenvalue weighted by molar-refractivity contribution is 0.165. The summed E-state index contributed by atoms with van der Waals surface area (Å²) in [7, 11) is 0. The van der Waals surface area contributed by atoms with Gasteiger partial charge >= 0.3 is 0 Å². The summed E-state index contributed by atoms with van der Waals surface area (Å²) in [4.78, 5) is 2.55. The molecule has 0 aliphatic carbocycles. The first kappa shape index (κ1) is 10.8. The van der Waals surface area contributed by atoms with Crippen molar-refractivity contribution in [3.8, 4) is 0 Å². The van der Waals surface area contributed by atoms with E-state index in [0.717, 1.165) is 5.92 Å². The van der Waals surface area contributed by atoms with Crippen LogP contribution in [-0.4, -0.2) is 24.5 Å². The molecule has 1 aliphatic rings. The molecule has 1 heteroatoms. The van der Waals surface area contributed by atoms with Gasteiger partial charge in [0.1, 0.15) is 0 Å². The van der Waals surface area contributed by atoms with Crippen molar-refractivity contribution >= 4 is 0 Å². The predicted molar refractivity (Wildman–Crippen MR) is 58.7 cm³/mol. The Kier molecular flexibility index (Phi) is 3.55. The maximum Gasteiger partial charge on any atom is 0.00496 e. The normalized spacial score (nSPS) is 31.3. The van der Waals surface area contributed by atoms with Gasteiger partial charge in [0.05, 0.1) is 0 Å². The summed E-state index contributed by atoms with van der Waals surface area (Å²) in [5.74, 6) is 2.13. The van der Waals surface area contributed by atoms with E-state index in [0.29, 0.717) is 11.8 Å². The monoisotopic (exact) mass is 181 g/mol. The standard InChI is InChI=1S/C12H23N/c1-6-13-7-10(4)11(5)12(8-13)9(2)3/h9-10,12H,5-8H2,1-4H3/t10-,12-/m1/s1. The average Bonchev–Trinajstić information content (AvgIpc) is 2.09. The van der Waals surface area contributed by atoms with Crippen molar-refractivity contribution in [3.05, 3.63) is 12.2 Å². The molecule has 1 saturated heterocycles. The molecule has 2 atom stereocenters. The first-order chi connectivity index (χ1) is 6.06. The molecule has 0 aromatic rings. The van der Waals surface area contributed by atoms with Gasteiger partial charge in [-0.25, -0.2) is 0 Å².